The summed E-state index contributed by atoms with van der Waals surface area (Å²) in [5.41, 5.74) is 6.22. The maximum absolute atomic E-state index is 9.61. The van der Waals surface area contributed by atoms with E-state index in [2.05, 4.69) is 37.5 Å². The van der Waals surface area contributed by atoms with E-state index in [0.717, 1.165) is 26.2 Å². The van der Waals surface area contributed by atoms with Crippen LogP contribution in [0.5, 0.6) is 0 Å². The summed E-state index contributed by atoms with van der Waals surface area (Å²) in [6, 6.07) is 0.810. The Bertz CT molecular complexity index is 231. The van der Waals surface area contributed by atoms with Crippen LogP contribution in [0.2, 0.25) is 0 Å². The van der Waals surface area contributed by atoms with Crippen molar-refractivity contribution in [1.82, 2.24) is 9.80 Å². The molecule has 18 heavy (non-hydrogen) atoms. The van der Waals surface area contributed by atoms with Crippen molar-refractivity contribution in [3.8, 4) is 0 Å². The van der Waals surface area contributed by atoms with Gasteiger partial charge in [-0.1, -0.05) is 27.7 Å². The number of nitrogens with zero attached hydrogens (tertiary/aromatic N) is 2. The van der Waals surface area contributed by atoms with Gasteiger partial charge >= 0.3 is 0 Å². The predicted octanol–water partition coefficient (Wildman–Crippen LogP) is 0.747. The first-order chi connectivity index (χ1) is 8.54. The summed E-state index contributed by atoms with van der Waals surface area (Å²) in [5, 5.41) is 9.61. The minimum atomic E-state index is 0.0606. The van der Waals surface area contributed by atoms with Crippen molar-refractivity contribution in [2.24, 2.45) is 11.7 Å². The molecule has 108 valence electrons. The molecule has 0 aromatic rings. The monoisotopic (exact) mass is 257 g/mol. The highest BCUT2D eigenvalue weighted by Gasteiger charge is 2.33. The van der Waals surface area contributed by atoms with E-state index in [4.69, 9.17) is 5.73 Å². The molecule has 0 aromatic carbocycles. The third-order valence-corrected chi connectivity index (χ3v) is 4.39. The number of aliphatic hydroxyl groups excluding tert-OH is 1. The minimum Gasteiger partial charge on any atom is -0.395 e. The number of aliphatic hydroxyl groups is 1. The fraction of sp³-hybridized carbons (Fsp3) is 1.00. The van der Waals surface area contributed by atoms with Crippen molar-refractivity contribution in [2.75, 3.05) is 32.8 Å². The van der Waals surface area contributed by atoms with E-state index in [0.29, 0.717) is 12.0 Å². The van der Waals surface area contributed by atoms with Gasteiger partial charge in [-0.15, -0.1) is 0 Å². The zero-order chi connectivity index (χ0) is 13.7. The average Bonchev–Trinajstić information content (AvgIpc) is 2.81. The van der Waals surface area contributed by atoms with Crippen LogP contribution in [0.1, 0.15) is 34.1 Å². The Labute approximate surface area is 112 Å². The van der Waals surface area contributed by atoms with E-state index in [1.54, 1.807) is 0 Å². The number of likely N-dealkylation sites (N-methyl/N-ethyl adjacent to an activating group) is 1. The molecule has 1 heterocycles. The van der Waals surface area contributed by atoms with Gasteiger partial charge in [-0.2, -0.15) is 0 Å². The predicted molar refractivity (Wildman–Crippen MR) is 76.6 cm³/mol. The lowest BCUT2D eigenvalue weighted by atomic mass is 9.97. The molecular formula is C14H31N3O. The first-order valence-corrected chi connectivity index (χ1v) is 7.39. The first kappa shape index (κ1) is 15.9. The highest BCUT2D eigenvalue weighted by atomic mass is 16.3. The number of nitrogens with two attached hydrogens (primary N) is 1. The van der Waals surface area contributed by atoms with Crippen LogP contribution in [0.4, 0.5) is 0 Å². The maximum atomic E-state index is 9.61. The van der Waals surface area contributed by atoms with Gasteiger partial charge in [-0.25, -0.2) is 0 Å². The smallest absolute Gasteiger partial charge is 0.0602 e. The fourth-order valence-electron chi connectivity index (χ4n) is 3.03. The van der Waals surface area contributed by atoms with Crippen LogP contribution in [0.15, 0.2) is 0 Å². The van der Waals surface area contributed by atoms with Crippen LogP contribution in [0, 0.1) is 5.92 Å². The molecule has 4 heteroatoms. The van der Waals surface area contributed by atoms with Gasteiger partial charge in [0.15, 0.2) is 0 Å². The quantitative estimate of drug-likeness (QED) is 0.706. The molecule has 3 N–H and O–H groups in total. The molecule has 0 saturated carbocycles. The molecular weight excluding hydrogens is 226 g/mol. The molecule has 0 aliphatic carbocycles. The minimum absolute atomic E-state index is 0.0606. The van der Waals surface area contributed by atoms with Gasteiger partial charge < -0.3 is 10.8 Å². The molecule has 0 aromatic heterocycles. The Kier molecular flexibility index (Phi) is 6.57. The van der Waals surface area contributed by atoms with E-state index < -0.39 is 0 Å². The van der Waals surface area contributed by atoms with Crippen LogP contribution in [-0.4, -0.2) is 65.8 Å². The topological polar surface area (TPSA) is 52.7 Å². The summed E-state index contributed by atoms with van der Waals surface area (Å²) in [6.45, 7) is 13.2. The summed E-state index contributed by atoms with van der Waals surface area (Å²) in [7, 11) is 0. The lowest BCUT2D eigenvalue weighted by molar-refractivity contribution is 0.102. The average molecular weight is 257 g/mol. The van der Waals surface area contributed by atoms with Crippen molar-refractivity contribution in [2.45, 2.75) is 52.2 Å². The van der Waals surface area contributed by atoms with Gasteiger partial charge in [0.05, 0.1) is 6.61 Å². The van der Waals surface area contributed by atoms with Crippen molar-refractivity contribution < 1.29 is 5.11 Å². The zero-order valence-corrected chi connectivity index (χ0v) is 12.5. The number of hydrogen-bond donors (Lipinski definition) is 2. The second-order valence-corrected chi connectivity index (χ2v) is 5.73. The van der Waals surface area contributed by atoms with Gasteiger partial charge in [-0.05, 0) is 25.4 Å². The van der Waals surface area contributed by atoms with Gasteiger partial charge in [0.2, 0.25) is 0 Å². The fourth-order valence-corrected chi connectivity index (χ4v) is 3.03. The van der Waals surface area contributed by atoms with E-state index in [-0.39, 0.29) is 18.7 Å². The zero-order valence-electron chi connectivity index (χ0n) is 12.5. The van der Waals surface area contributed by atoms with Crippen LogP contribution < -0.4 is 5.73 Å². The molecule has 1 saturated heterocycles. The Morgan fingerprint density at radius 1 is 1.33 bits per heavy atom. The lowest BCUT2D eigenvalue weighted by Crippen LogP contribution is -2.52. The molecule has 0 bridgehead atoms. The van der Waals surface area contributed by atoms with E-state index in [1.807, 2.05) is 0 Å². The Balaban J connectivity index is 2.58. The highest BCUT2D eigenvalue weighted by molar-refractivity contribution is 4.91. The van der Waals surface area contributed by atoms with Crippen LogP contribution in [0.25, 0.3) is 0 Å². The number of likely N-dealkylation sites (tertiary alicyclic amines) is 1. The number of rotatable bonds is 7. The van der Waals surface area contributed by atoms with E-state index >= 15 is 0 Å². The number of hydrogen-bond acceptors (Lipinski definition) is 4. The summed E-state index contributed by atoms with van der Waals surface area (Å²) in [4.78, 5) is 4.89. The lowest BCUT2D eigenvalue weighted by Gasteiger charge is -2.34. The first-order valence-electron chi connectivity index (χ1n) is 7.39. The second kappa shape index (κ2) is 7.43. The largest absolute Gasteiger partial charge is 0.395 e. The van der Waals surface area contributed by atoms with Gasteiger partial charge in [-0.3, -0.25) is 9.80 Å². The molecule has 1 rings (SSSR count). The summed E-state index contributed by atoms with van der Waals surface area (Å²) >= 11 is 0. The van der Waals surface area contributed by atoms with Crippen LogP contribution in [0.3, 0.4) is 0 Å². The van der Waals surface area contributed by atoms with Gasteiger partial charge in [0.25, 0.3) is 0 Å². The van der Waals surface area contributed by atoms with Crippen molar-refractivity contribution in [1.29, 1.82) is 0 Å². The van der Waals surface area contributed by atoms with E-state index in [9.17, 15) is 5.11 Å². The summed E-state index contributed by atoms with van der Waals surface area (Å²) in [6.07, 6.45) is 1.20. The molecule has 0 radical (unpaired) electrons. The van der Waals surface area contributed by atoms with Crippen molar-refractivity contribution in [3.05, 3.63) is 0 Å². The van der Waals surface area contributed by atoms with Crippen LogP contribution in [-0.2, 0) is 0 Å². The van der Waals surface area contributed by atoms with Crippen LogP contribution >= 0.6 is 0 Å². The Morgan fingerprint density at radius 3 is 2.39 bits per heavy atom. The summed E-state index contributed by atoms with van der Waals surface area (Å²) in [5.74, 6) is 0.412. The van der Waals surface area contributed by atoms with Gasteiger partial charge in [0, 0.05) is 31.2 Å². The van der Waals surface area contributed by atoms with Crippen molar-refractivity contribution >= 4 is 0 Å². The molecule has 3 unspecified atom stereocenters. The Hall–Kier alpha value is -0.160. The highest BCUT2D eigenvalue weighted by Crippen LogP contribution is 2.20. The molecule has 1 aliphatic heterocycles. The van der Waals surface area contributed by atoms with Gasteiger partial charge in [0.1, 0.15) is 0 Å². The third kappa shape index (κ3) is 3.67. The molecule has 0 amide bonds. The third-order valence-electron chi connectivity index (χ3n) is 4.39. The Morgan fingerprint density at radius 2 is 1.94 bits per heavy atom. The normalized spacial score (nSPS) is 25.0. The van der Waals surface area contributed by atoms with E-state index in [1.165, 1.54) is 6.42 Å². The molecule has 1 aliphatic rings. The molecule has 0 spiro atoms. The maximum Gasteiger partial charge on any atom is 0.0602 e. The second-order valence-electron chi connectivity index (χ2n) is 5.73. The van der Waals surface area contributed by atoms with Crippen molar-refractivity contribution in [3.63, 3.8) is 0 Å². The molecule has 4 nitrogen and oxygen atoms in total. The standard InChI is InChI=1S/C14H31N3O/c1-5-16(6-2)12-7-8-17(9-12)13(10-18)14(15)11(3)4/h11-14,18H,5-10,15H2,1-4H3. The SMILES string of the molecule is CCN(CC)C1CCN(C(CO)C(N)C(C)C)C1. The molecule has 3 atom stereocenters. The summed E-state index contributed by atoms with van der Waals surface area (Å²) < 4.78 is 0. The molecule has 1 fully saturated rings.